The van der Waals surface area contributed by atoms with E-state index in [1.54, 1.807) is 24.3 Å². The molecule has 0 aliphatic carbocycles. The van der Waals surface area contributed by atoms with Crippen LogP contribution in [0.3, 0.4) is 0 Å². The average molecular weight is 415 g/mol. The van der Waals surface area contributed by atoms with Gasteiger partial charge in [-0.3, -0.25) is 9.59 Å². The number of benzene rings is 1. The second-order valence-corrected chi connectivity index (χ2v) is 6.85. The summed E-state index contributed by atoms with van der Waals surface area (Å²) in [6.45, 7) is 0.175. The Bertz CT molecular complexity index is 753. The quantitative estimate of drug-likeness (QED) is 0.692. The standard InChI is InChI=1S/C18H20Cl2N2O5/c19-13-3-1-12(11-14(13)20)2-4-16(24)21-7-5-17(25)22(9-8-21)15(6-10-23)18(26)27/h1-4,11,15,23H,5-10H2,(H,26,27)/b4-2+. The molecule has 9 heteroatoms. The van der Waals surface area contributed by atoms with Crippen LogP contribution in [-0.2, 0) is 14.4 Å². The Hall–Kier alpha value is -2.09. The lowest BCUT2D eigenvalue weighted by atomic mass is 10.1. The maximum absolute atomic E-state index is 12.4. The predicted octanol–water partition coefficient (Wildman–Crippen LogP) is 1.90. The highest BCUT2D eigenvalue weighted by Gasteiger charge is 2.32. The summed E-state index contributed by atoms with van der Waals surface area (Å²) in [6.07, 6.45) is 2.96. The Kier molecular flexibility index (Phi) is 7.65. The van der Waals surface area contributed by atoms with Gasteiger partial charge in [0.15, 0.2) is 0 Å². The first-order chi connectivity index (χ1) is 12.8. The topological polar surface area (TPSA) is 98.2 Å². The molecule has 0 radical (unpaired) electrons. The summed E-state index contributed by atoms with van der Waals surface area (Å²) in [5.74, 6) is -1.80. The molecule has 7 nitrogen and oxygen atoms in total. The summed E-state index contributed by atoms with van der Waals surface area (Å²) in [5.41, 5.74) is 0.708. The van der Waals surface area contributed by atoms with Crippen LogP contribution in [0, 0.1) is 0 Å². The van der Waals surface area contributed by atoms with Gasteiger partial charge in [-0.1, -0.05) is 29.3 Å². The van der Waals surface area contributed by atoms with Crippen molar-refractivity contribution in [3.05, 3.63) is 39.9 Å². The molecule has 0 saturated carbocycles. The van der Waals surface area contributed by atoms with E-state index in [4.69, 9.17) is 28.3 Å². The Labute approximate surface area is 166 Å². The molecule has 1 aromatic carbocycles. The Morgan fingerprint density at radius 3 is 2.56 bits per heavy atom. The number of rotatable bonds is 6. The molecule has 0 bridgehead atoms. The van der Waals surface area contributed by atoms with Gasteiger partial charge in [0, 0.05) is 45.2 Å². The Morgan fingerprint density at radius 1 is 1.19 bits per heavy atom. The number of nitrogens with zero attached hydrogens (tertiary/aromatic N) is 2. The van der Waals surface area contributed by atoms with E-state index < -0.39 is 12.0 Å². The van der Waals surface area contributed by atoms with Crippen molar-refractivity contribution >= 4 is 47.1 Å². The van der Waals surface area contributed by atoms with Crippen LogP contribution in [0.1, 0.15) is 18.4 Å². The molecule has 27 heavy (non-hydrogen) atoms. The SMILES string of the molecule is O=C(O)C(CCO)N1CCN(C(=O)/C=C/c2ccc(Cl)c(Cl)c2)CCC1=O. The fraction of sp³-hybridized carbons (Fsp3) is 0.389. The summed E-state index contributed by atoms with van der Waals surface area (Å²) in [4.78, 5) is 38.7. The number of aliphatic hydroxyl groups is 1. The molecule has 1 unspecified atom stereocenters. The van der Waals surface area contributed by atoms with Crippen molar-refractivity contribution in [1.82, 2.24) is 9.80 Å². The van der Waals surface area contributed by atoms with Crippen LogP contribution >= 0.6 is 23.2 Å². The van der Waals surface area contributed by atoms with Crippen LogP contribution in [0.5, 0.6) is 0 Å². The molecule has 1 aliphatic rings. The van der Waals surface area contributed by atoms with Crippen molar-refractivity contribution in [1.29, 1.82) is 0 Å². The van der Waals surface area contributed by atoms with Gasteiger partial charge in [-0.25, -0.2) is 4.79 Å². The zero-order valence-electron chi connectivity index (χ0n) is 14.5. The summed E-state index contributed by atoms with van der Waals surface area (Å²) in [5, 5.41) is 19.1. The Balaban J connectivity index is 2.04. The van der Waals surface area contributed by atoms with Crippen molar-refractivity contribution in [2.75, 3.05) is 26.2 Å². The smallest absolute Gasteiger partial charge is 0.326 e. The zero-order chi connectivity index (χ0) is 20.0. The maximum atomic E-state index is 12.4. The largest absolute Gasteiger partial charge is 0.480 e. The molecule has 1 aliphatic heterocycles. The number of carboxylic acid groups (broad SMARTS) is 1. The van der Waals surface area contributed by atoms with E-state index in [1.807, 2.05) is 0 Å². The summed E-state index contributed by atoms with van der Waals surface area (Å²) < 4.78 is 0. The number of hydrogen-bond donors (Lipinski definition) is 2. The third-order valence-electron chi connectivity index (χ3n) is 4.26. The number of aliphatic carboxylic acids is 1. The fourth-order valence-electron chi connectivity index (χ4n) is 2.81. The van der Waals surface area contributed by atoms with Gasteiger partial charge in [-0.05, 0) is 23.8 Å². The Morgan fingerprint density at radius 2 is 1.93 bits per heavy atom. The molecule has 2 amide bonds. The summed E-state index contributed by atoms with van der Waals surface area (Å²) in [6, 6.07) is 3.89. The first kappa shape index (κ1) is 21.2. The molecule has 0 spiro atoms. The number of carbonyl (C=O) groups excluding carboxylic acids is 2. The lowest BCUT2D eigenvalue weighted by Crippen LogP contribution is -2.46. The van der Waals surface area contributed by atoms with Crippen LogP contribution in [0.25, 0.3) is 6.08 Å². The van der Waals surface area contributed by atoms with Gasteiger partial charge < -0.3 is 20.0 Å². The van der Waals surface area contributed by atoms with Crippen molar-refractivity contribution in [2.45, 2.75) is 18.9 Å². The van der Waals surface area contributed by atoms with Gasteiger partial charge in [-0.15, -0.1) is 0 Å². The number of amides is 2. The van der Waals surface area contributed by atoms with Gasteiger partial charge in [0.2, 0.25) is 11.8 Å². The van der Waals surface area contributed by atoms with Gasteiger partial charge in [0.25, 0.3) is 0 Å². The number of aliphatic hydroxyl groups excluding tert-OH is 1. The second kappa shape index (κ2) is 9.73. The summed E-state index contributed by atoms with van der Waals surface area (Å²) in [7, 11) is 0. The van der Waals surface area contributed by atoms with Crippen LogP contribution in [-0.4, -0.2) is 70.1 Å². The van der Waals surface area contributed by atoms with E-state index in [1.165, 1.54) is 15.9 Å². The van der Waals surface area contributed by atoms with E-state index in [0.29, 0.717) is 15.6 Å². The monoisotopic (exact) mass is 414 g/mol. The van der Waals surface area contributed by atoms with Crippen molar-refractivity contribution in [3.63, 3.8) is 0 Å². The lowest BCUT2D eigenvalue weighted by molar-refractivity contribution is -0.150. The third kappa shape index (κ3) is 5.69. The molecule has 1 atom stereocenters. The highest BCUT2D eigenvalue weighted by molar-refractivity contribution is 6.42. The van der Waals surface area contributed by atoms with Crippen LogP contribution in [0.2, 0.25) is 10.0 Å². The number of carbonyl (C=O) groups is 3. The van der Waals surface area contributed by atoms with Crippen molar-refractivity contribution in [2.24, 2.45) is 0 Å². The molecule has 1 saturated heterocycles. The summed E-state index contributed by atoms with van der Waals surface area (Å²) >= 11 is 11.8. The molecule has 1 heterocycles. The molecule has 146 valence electrons. The number of hydrogen-bond acceptors (Lipinski definition) is 4. The van der Waals surface area contributed by atoms with Crippen molar-refractivity contribution < 1.29 is 24.6 Å². The molecular formula is C18H20Cl2N2O5. The first-order valence-corrected chi connectivity index (χ1v) is 9.14. The van der Waals surface area contributed by atoms with Gasteiger partial charge in [0.1, 0.15) is 6.04 Å². The lowest BCUT2D eigenvalue weighted by Gasteiger charge is -2.27. The van der Waals surface area contributed by atoms with E-state index in [-0.39, 0.29) is 50.9 Å². The second-order valence-electron chi connectivity index (χ2n) is 6.04. The van der Waals surface area contributed by atoms with Gasteiger partial charge in [-0.2, -0.15) is 0 Å². The zero-order valence-corrected chi connectivity index (χ0v) is 16.0. The molecule has 1 aromatic rings. The minimum absolute atomic E-state index is 0.0293. The number of carboxylic acids is 1. The van der Waals surface area contributed by atoms with Crippen LogP contribution in [0.15, 0.2) is 24.3 Å². The van der Waals surface area contributed by atoms with E-state index >= 15 is 0 Å². The van der Waals surface area contributed by atoms with Gasteiger partial charge >= 0.3 is 5.97 Å². The maximum Gasteiger partial charge on any atom is 0.326 e. The van der Waals surface area contributed by atoms with E-state index in [0.717, 1.165) is 0 Å². The minimum Gasteiger partial charge on any atom is -0.480 e. The van der Waals surface area contributed by atoms with E-state index in [2.05, 4.69) is 0 Å². The van der Waals surface area contributed by atoms with Crippen LogP contribution in [0.4, 0.5) is 0 Å². The molecule has 2 N–H and O–H groups in total. The molecule has 1 fully saturated rings. The molecule has 0 aromatic heterocycles. The van der Waals surface area contributed by atoms with Crippen molar-refractivity contribution in [3.8, 4) is 0 Å². The first-order valence-electron chi connectivity index (χ1n) is 8.38. The highest BCUT2D eigenvalue weighted by Crippen LogP contribution is 2.23. The minimum atomic E-state index is -1.17. The molecule has 2 rings (SSSR count). The molecular weight excluding hydrogens is 395 g/mol. The van der Waals surface area contributed by atoms with Gasteiger partial charge in [0.05, 0.1) is 10.0 Å². The van der Waals surface area contributed by atoms with E-state index in [9.17, 15) is 19.5 Å². The normalized spacial score (nSPS) is 16.5. The average Bonchev–Trinajstić information content (AvgIpc) is 2.82. The fourth-order valence-corrected chi connectivity index (χ4v) is 3.12. The number of halogens is 2. The predicted molar refractivity (Wildman–Crippen MR) is 102 cm³/mol. The van der Waals surface area contributed by atoms with Crippen LogP contribution < -0.4 is 0 Å². The highest BCUT2D eigenvalue weighted by atomic mass is 35.5. The third-order valence-corrected chi connectivity index (χ3v) is 5.00.